The SMILES string of the molecule is [Ag+].[Ag+].[Ag+].[Ag+].[Ag+].[Mn].[Mn].[Mn].[Mn].[Mn].[O-2].[O-2].[O-2].[O-2].[O-2].[O-2].[O-2].[O-2].[O-2].[O-2].[O-2].[O-2].[O-2].[O-2].[O-2].[O-2].[O-2].[O-2].[O-2].[O-2].c1ccncc1.c1ccncc1.c1ccncc1.c1ccncc1.c1ccncc1.c1ccncc1.c1ccncc1.c1ccncc1.c1ccncc1.c1ccncc1.c1ccncc1.c1ccncc1. The Morgan fingerprint density at radius 1 is 0.0784 bits per heavy atom. The van der Waals surface area contributed by atoms with Gasteiger partial charge in [0.25, 0.3) is 0 Å². The smallest absolute Gasteiger partial charge is 1.00 e. The van der Waals surface area contributed by atoms with E-state index in [1.54, 1.807) is 149 Å². The van der Waals surface area contributed by atoms with Crippen LogP contribution >= 0.6 is 0 Å². The number of aromatic nitrogens is 12. The van der Waals surface area contributed by atoms with E-state index < -0.39 is 0 Å². The molecule has 12 aromatic heterocycles. The third-order valence-corrected chi connectivity index (χ3v) is 6.80. The first-order chi connectivity index (χ1) is 36.0. The number of hydrogen-bond acceptors (Lipinski definition) is 12. The fraction of sp³-hybridized carbons (Fsp3) is 0. The van der Waals surface area contributed by atoms with Crippen molar-refractivity contribution in [2.45, 2.75) is 0 Å². The molecule has 0 aliphatic heterocycles. The molecule has 12 rings (SSSR count). The molecule has 605 valence electrons. The van der Waals surface area contributed by atoms with Crippen LogP contribution in [0.15, 0.2) is 367 Å². The van der Waals surface area contributed by atoms with E-state index in [9.17, 15) is 0 Å². The quantitative estimate of drug-likeness (QED) is 0.128. The predicted molar refractivity (Wildman–Crippen MR) is 305 cm³/mol. The van der Waals surface area contributed by atoms with Crippen molar-refractivity contribution in [3.63, 3.8) is 0 Å². The van der Waals surface area contributed by atoms with Crippen molar-refractivity contribution >= 4 is 0 Å². The second-order valence-corrected chi connectivity index (χ2v) is 12.3. The third kappa shape index (κ3) is 187. The molecule has 5 radical (unpaired) electrons. The van der Waals surface area contributed by atoms with Crippen LogP contribution in [0.4, 0.5) is 0 Å². The summed E-state index contributed by atoms with van der Waals surface area (Å²) in [6.45, 7) is 0. The Bertz CT molecular complexity index is 1710. The maximum atomic E-state index is 3.78. The molecule has 0 fully saturated rings. The van der Waals surface area contributed by atoms with E-state index in [0.29, 0.717) is 0 Å². The Hall–Kier alpha value is -4.70. The normalized spacial score (nSPS) is 5.65. The Labute approximate surface area is 726 Å². The van der Waals surface area contributed by atoms with E-state index in [1.807, 2.05) is 218 Å². The minimum atomic E-state index is 0. The van der Waals surface area contributed by atoms with Gasteiger partial charge in [0.05, 0.1) is 0 Å². The van der Waals surface area contributed by atoms with Gasteiger partial charge in [0.1, 0.15) is 0 Å². The predicted octanol–water partition coefficient (Wildman–Crippen LogP) is 10.6. The summed E-state index contributed by atoms with van der Waals surface area (Å²) < 4.78 is 0. The summed E-state index contributed by atoms with van der Waals surface area (Å²) in [6.07, 6.45) is 42.0. The maximum Gasteiger partial charge on any atom is 1.00 e. The van der Waals surface area contributed by atoms with Crippen LogP contribution in [0.2, 0.25) is 0 Å². The molecule has 42 heteroatoms. The topological polar surface area (TPSA) is 725 Å². The van der Waals surface area contributed by atoms with Gasteiger partial charge in [-0.1, -0.05) is 72.8 Å². The molecule has 0 atom stereocenters. The first-order valence-corrected chi connectivity index (χ1v) is 22.2. The van der Waals surface area contributed by atoms with Crippen LogP contribution in [0, 0.1) is 0 Å². The van der Waals surface area contributed by atoms with E-state index in [0.717, 1.165) is 0 Å². The van der Waals surface area contributed by atoms with Crippen LogP contribution in [0.25, 0.3) is 0 Å². The van der Waals surface area contributed by atoms with E-state index in [4.69, 9.17) is 0 Å². The van der Waals surface area contributed by atoms with E-state index in [-0.39, 0.29) is 307 Å². The Morgan fingerprint density at radius 3 is 0.127 bits per heavy atom. The van der Waals surface area contributed by atoms with Crippen LogP contribution in [-0.4, -0.2) is 59.8 Å². The zero-order valence-corrected chi connectivity index (χ0v) is 64.9. The van der Waals surface area contributed by atoms with Crippen molar-refractivity contribution in [2.75, 3.05) is 0 Å². The summed E-state index contributed by atoms with van der Waals surface area (Å²) in [5.41, 5.74) is 0. The molecule has 0 bridgehead atoms. The average Bonchev–Trinajstić information content (AvgIpc) is 3.55. The largest absolute Gasteiger partial charge is 2.00 e. The fourth-order valence-corrected chi connectivity index (χ4v) is 3.75. The molecule has 0 aliphatic rings. The average molecular weight is 2080 g/mol. The Balaban J connectivity index is -0.0000000193. The number of rotatable bonds is 0. The first-order valence-electron chi connectivity index (χ1n) is 22.2. The van der Waals surface area contributed by atoms with Gasteiger partial charge in [-0.2, -0.15) is 0 Å². The zero-order valence-electron chi connectivity index (χ0n) is 51.6. The second kappa shape index (κ2) is 193. The summed E-state index contributed by atoms with van der Waals surface area (Å²) in [6, 6.07) is 68.6. The summed E-state index contributed by atoms with van der Waals surface area (Å²) in [5, 5.41) is 0. The molecule has 102 heavy (non-hydrogen) atoms. The van der Waals surface area contributed by atoms with Gasteiger partial charge < -0.3 is 110 Å². The number of hydrogen-bond donors (Lipinski definition) is 0. The third-order valence-electron chi connectivity index (χ3n) is 6.80. The molecule has 0 N–H and O–H groups in total. The molecule has 12 aromatic rings. The van der Waals surface area contributed by atoms with E-state index in [1.165, 1.54) is 0 Å². The number of nitrogens with zero attached hydrogens (tertiary/aromatic N) is 12. The van der Waals surface area contributed by atoms with Gasteiger partial charge >= 0.3 is 112 Å². The van der Waals surface area contributed by atoms with Crippen molar-refractivity contribution in [3.8, 4) is 0 Å². The van der Waals surface area contributed by atoms with Gasteiger partial charge in [-0.25, -0.2) is 0 Å². The second-order valence-electron chi connectivity index (χ2n) is 12.3. The van der Waals surface area contributed by atoms with E-state index in [2.05, 4.69) is 59.8 Å². The molecule has 0 aromatic carbocycles. The standard InChI is InChI=1S/12C5H5N.5Ag.5Mn.20O/c12*1-2-4-6-5-3-1;;;;;;;;;;;;;;;;;;;;;;;;;;;;;;/h12*1-5H;;;;;;;;;;;;;;;;;;;;;;;;;;;;;;/q;;;;;;;;;;;;5*+1;;;;;;20*-2. The molecule has 32 nitrogen and oxygen atoms in total. The van der Waals surface area contributed by atoms with E-state index >= 15 is 0 Å². The molecule has 0 saturated carbocycles. The maximum absolute atomic E-state index is 3.78. The van der Waals surface area contributed by atoms with Gasteiger partial charge in [-0.3, -0.25) is 59.8 Å². The molecule has 0 aliphatic carbocycles. The zero-order chi connectivity index (χ0) is 50.9. The van der Waals surface area contributed by atoms with Crippen molar-refractivity contribution in [1.82, 2.24) is 59.8 Å². The van der Waals surface area contributed by atoms with Gasteiger partial charge in [-0.15, -0.1) is 0 Å². The van der Waals surface area contributed by atoms with Crippen LogP contribution < -0.4 is 0 Å². The molecular formula is C60H60Ag5Mn5N12O20-35. The summed E-state index contributed by atoms with van der Waals surface area (Å²) >= 11 is 0. The van der Waals surface area contributed by atoms with Crippen molar-refractivity contribution < 1.29 is 307 Å². The molecular weight excluding hydrogens is 2020 g/mol. The molecule has 0 unspecified atom stereocenters. The van der Waals surface area contributed by atoms with Crippen molar-refractivity contribution in [3.05, 3.63) is 367 Å². The fourth-order valence-electron chi connectivity index (χ4n) is 3.75. The van der Waals surface area contributed by atoms with Gasteiger partial charge in [0.15, 0.2) is 0 Å². The van der Waals surface area contributed by atoms with Crippen molar-refractivity contribution in [1.29, 1.82) is 0 Å². The molecule has 0 spiro atoms. The molecule has 12 heterocycles. The summed E-state index contributed by atoms with van der Waals surface area (Å²) in [5.74, 6) is 0. The molecule has 0 saturated heterocycles. The van der Waals surface area contributed by atoms with Gasteiger partial charge in [-0.05, 0) is 146 Å². The van der Waals surface area contributed by atoms with Crippen LogP contribution in [0.1, 0.15) is 0 Å². The molecule has 0 amide bonds. The number of pyridine rings is 12. The van der Waals surface area contributed by atoms with Gasteiger partial charge in [0, 0.05) is 234 Å². The van der Waals surface area contributed by atoms with Crippen molar-refractivity contribution in [2.24, 2.45) is 0 Å². The monoisotopic (exact) mass is 2080 g/mol. The Kier molecular flexibility index (Phi) is 377. The van der Waals surface area contributed by atoms with Gasteiger partial charge in [0.2, 0.25) is 0 Å². The summed E-state index contributed by atoms with van der Waals surface area (Å²) in [4.78, 5) is 45.4. The Morgan fingerprint density at radius 2 is 0.118 bits per heavy atom. The first kappa shape index (κ1) is 199. The van der Waals surface area contributed by atoms with Crippen LogP contribution in [0.5, 0.6) is 0 Å². The summed E-state index contributed by atoms with van der Waals surface area (Å²) in [7, 11) is 0. The minimum Gasteiger partial charge on any atom is -2.00 e. The van der Waals surface area contributed by atoms with Crippen LogP contribution in [-0.2, 0) is 307 Å². The van der Waals surface area contributed by atoms with Crippen LogP contribution in [0.3, 0.4) is 0 Å². The minimum absolute atomic E-state index is 0.